The molecule has 1 aromatic rings. The summed E-state index contributed by atoms with van der Waals surface area (Å²) in [5, 5.41) is 6.77. The second-order valence-corrected chi connectivity index (χ2v) is 5.03. The van der Waals surface area contributed by atoms with Gasteiger partial charge in [0, 0.05) is 18.7 Å². The largest absolute Gasteiger partial charge is 0.314 e. The number of nitrogens with zero attached hydrogens (tertiary/aromatic N) is 1. The van der Waals surface area contributed by atoms with Crippen molar-refractivity contribution in [1.29, 1.82) is 0 Å². The first-order valence-electron chi connectivity index (χ1n) is 6.39. The number of anilines is 1. The Morgan fingerprint density at radius 1 is 1.50 bits per heavy atom. The molecule has 0 aromatic carbocycles. The van der Waals surface area contributed by atoms with E-state index in [0.29, 0.717) is 23.3 Å². The zero-order valence-electron chi connectivity index (χ0n) is 10.3. The van der Waals surface area contributed by atoms with Crippen molar-refractivity contribution in [3.05, 3.63) is 23.4 Å². The minimum atomic E-state index is 0.0113. The Labute approximate surface area is 112 Å². The van der Waals surface area contributed by atoms with Gasteiger partial charge < -0.3 is 10.6 Å². The number of carbonyl (C=O) groups excluding carboxylic acids is 1. The zero-order valence-corrected chi connectivity index (χ0v) is 11.0. The molecule has 1 amide bonds. The third kappa shape index (κ3) is 4.27. The average Bonchev–Trinajstić information content (AvgIpc) is 2.40. The topological polar surface area (TPSA) is 54.0 Å². The Balaban J connectivity index is 1.73. The molecule has 1 aromatic heterocycles. The molecule has 4 nitrogen and oxygen atoms in total. The van der Waals surface area contributed by atoms with Crippen LogP contribution in [0.4, 0.5) is 5.82 Å². The second-order valence-electron chi connectivity index (χ2n) is 4.60. The number of rotatable bonds is 4. The highest BCUT2D eigenvalue weighted by atomic mass is 35.5. The normalized spacial score (nSPS) is 19.5. The van der Waals surface area contributed by atoms with E-state index < -0.39 is 0 Å². The SMILES string of the molecule is O=C(CCC1CCCCN1)Nc1ccc(Cl)cn1. The van der Waals surface area contributed by atoms with E-state index in [9.17, 15) is 4.79 Å². The van der Waals surface area contributed by atoms with Crippen LogP contribution in [-0.2, 0) is 4.79 Å². The van der Waals surface area contributed by atoms with E-state index in [4.69, 9.17) is 11.6 Å². The number of hydrogen-bond donors (Lipinski definition) is 2. The maximum absolute atomic E-state index is 11.7. The maximum atomic E-state index is 11.7. The second kappa shape index (κ2) is 6.71. The van der Waals surface area contributed by atoms with Crippen molar-refractivity contribution in [3.8, 4) is 0 Å². The van der Waals surface area contributed by atoms with Crippen LogP contribution in [0.25, 0.3) is 0 Å². The lowest BCUT2D eigenvalue weighted by Crippen LogP contribution is -2.34. The monoisotopic (exact) mass is 267 g/mol. The van der Waals surface area contributed by atoms with Gasteiger partial charge in [-0.2, -0.15) is 0 Å². The van der Waals surface area contributed by atoms with Crippen LogP contribution in [0.15, 0.2) is 18.3 Å². The van der Waals surface area contributed by atoms with Gasteiger partial charge in [-0.25, -0.2) is 4.98 Å². The van der Waals surface area contributed by atoms with Crippen LogP contribution >= 0.6 is 11.6 Å². The van der Waals surface area contributed by atoms with Gasteiger partial charge in [-0.05, 0) is 37.9 Å². The number of piperidine rings is 1. The summed E-state index contributed by atoms with van der Waals surface area (Å²) in [6.45, 7) is 1.07. The molecule has 1 aliphatic rings. The van der Waals surface area contributed by atoms with Crippen LogP contribution in [0.1, 0.15) is 32.1 Å². The summed E-state index contributed by atoms with van der Waals surface area (Å²) < 4.78 is 0. The van der Waals surface area contributed by atoms with E-state index in [1.54, 1.807) is 12.1 Å². The predicted molar refractivity (Wildman–Crippen MR) is 72.8 cm³/mol. The van der Waals surface area contributed by atoms with Gasteiger partial charge >= 0.3 is 0 Å². The Morgan fingerprint density at radius 3 is 3.06 bits per heavy atom. The van der Waals surface area contributed by atoms with Gasteiger partial charge in [-0.15, -0.1) is 0 Å². The third-order valence-electron chi connectivity index (χ3n) is 3.13. The first-order chi connectivity index (χ1) is 8.74. The number of halogens is 1. The molecule has 0 spiro atoms. The van der Waals surface area contributed by atoms with Gasteiger partial charge in [0.25, 0.3) is 0 Å². The van der Waals surface area contributed by atoms with Gasteiger partial charge in [0.05, 0.1) is 5.02 Å². The molecule has 1 unspecified atom stereocenters. The lowest BCUT2D eigenvalue weighted by molar-refractivity contribution is -0.116. The third-order valence-corrected chi connectivity index (χ3v) is 3.35. The lowest BCUT2D eigenvalue weighted by atomic mass is 10.0. The molecule has 0 aliphatic carbocycles. The summed E-state index contributed by atoms with van der Waals surface area (Å²) in [7, 11) is 0. The van der Waals surface area contributed by atoms with Gasteiger partial charge in [-0.3, -0.25) is 4.79 Å². The number of carbonyl (C=O) groups is 1. The van der Waals surface area contributed by atoms with Crippen LogP contribution in [0, 0.1) is 0 Å². The molecule has 18 heavy (non-hydrogen) atoms. The van der Waals surface area contributed by atoms with Crippen molar-refractivity contribution in [2.75, 3.05) is 11.9 Å². The van der Waals surface area contributed by atoms with E-state index in [0.717, 1.165) is 13.0 Å². The standard InChI is InChI=1S/C13H18ClN3O/c14-10-4-6-12(16-9-10)17-13(18)7-5-11-3-1-2-8-15-11/h4,6,9,11,15H,1-3,5,7-8H2,(H,16,17,18). The minimum absolute atomic E-state index is 0.0113. The van der Waals surface area contributed by atoms with Crippen molar-refractivity contribution in [2.24, 2.45) is 0 Å². The van der Waals surface area contributed by atoms with Crippen molar-refractivity contribution < 1.29 is 4.79 Å². The molecule has 1 fully saturated rings. The maximum Gasteiger partial charge on any atom is 0.225 e. The molecule has 2 N–H and O–H groups in total. The highest BCUT2D eigenvalue weighted by Crippen LogP contribution is 2.13. The summed E-state index contributed by atoms with van der Waals surface area (Å²) in [4.78, 5) is 15.8. The molecule has 0 saturated carbocycles. The fourth-order valence-corrected chi connectivity index (χ4v) is 2.24. The van der Waals surface area contributed by atoms with Gasteiger partial charge in [0.2, 0.25) is 5.91 Å². The Hall–Kier alpha value is -1.13. The average molecular weight is 268 g/mol. The summed E-state index contributed by atoms with van der Waals surface area (Å²) >= 11 is 5.73. The van der Waals surface area contributed by atoms with Crippen LogP contribution < -0.4 is 10.6 Å². The molecule has 2 rings (SSSR count). The molecule has 1 atom stereocenters. The van der Waals surface area contributed by atoms with Gasteiger partial charge in [0.1, 0.15) is 5.82 Å². The van der Waals surface area contributed by atoms with Crippen molar-refractivity contribution in [3.63, 3.8) is 0 Å². The van der Waals surface area contributed by atoms with Crippen LogP contribution in [-0.4, -0.2) is 23.5 Å². The molecule has 1 saturated heterocycles. The smallest absolute Gasteiger partial charge is 0.225 e. The van der Waals surface area contributed by atoms with E-state index >= 15 is 0 Å². The first-order valence-corrected chi connectivity index (χ1v) is 6.76. The molecular formula is C13H18ClN3O. The van der Waals surface area contributed by atoms with Crippen molar-refractivity contribution >= 4 is 23.3 Å². The number of hydrogen-bond acceptors (Lipinski definition) is 3. The number of pyridine rings is 1. The highest BCUT2D eigenvalue weighted by Gasteiger charge is 2.14. The summed E-state index contributed by atoms with van der Waals surface area (Å²) in [5.41, 5.74) is 0. The van der Waals surface area contributed by atoms with E-state index in [1.807, 2.05) is 0 Å². The summed E-state index contributed by atoms with van der Waals surface area (Å²) in [6, 6.07) is 3.91. The van der Waals surface area contributed by atoms with Crippen LogP contribution in [0.5, 0.6) is 0 Å². The fraction of sp³-hybridized carbons (Fsp3) is 0.538. The predicted octanol–water partition coefficient (Wildman–Crippen LogP) is 2.60. The molecule has 98 valence electrons. The highest BCUT2D eigenvalue weighted by molar-refractivity contribution is 6.30. The Bertz CT molecular complexity index is 388. The minimum Gasteiger partial charge on any atom is -0.314 e. The number of amides is 1. The zero-order chi connectivity index (χ0) is 12.8. The quantitative estimate of drug-likeness (QED) is 0.882. The molecule has 0 radical (unpaired) electrons. The summed E-state index contributed by atoms with van der Waals surface area (Å²) in [6.07, 6.45) is 6.63. The Morgan fingerprint density at radius 2 is 2.39 bits per heavy atom. The van der Waals surface area contributed by atoms with Crippen molar-refractivity contribution in [2.45, 2.75) is 38.1 Å². The van der Waals surface area contributed by atoms with E-state index in [2.05, 4.69) is 15.6 Å². The fourth-order valence-electron chi connectivity index (χ4n) is 2.13. The number of nitrogens with one attached hydrogen (secondary N) is 2. The van der Waals surface area contributed by atoms with Crippen LogP contribution in [0.2, 0.25) is 5.02 Å². The Kier molecular flexibility index (Phi) is 4.96. The molecule has 0 bridgehead atoms. The molecular weight excluding hydrogens is 250 g/mol. The molecule has 2 heterocycles. The van der Waals surface area contributed by atoms with Crippen LogP contribution in [0.3, 0.4) is 0 Å². The molecule has 5 heteroatoms. The van der Waals surface area contributed by atoms with Crippen molar-refractivity contribution in [1.82, 2.24) is 10.3 Å². The van der Waals surface area contributed by atoms with E-state index in [1.165, 1.54) is 25.5 Å². The first kappa shape index (κ1) is 13.3. The van der Waals surface area contributed by atoms with E-state index in [-0.39, 0.29) is 5.91 Å². The van der Waals surface area contributed by atoms with Gasteiger partial charge in [0.15, 0.2) is 0 Å². The summed E-state index contributed by atoms with van der Waals surface area (Å²) in [5.74, 6) is 0.568. The molecule has 1 aliphatic heterocycles. The lowest BCUT2D eigenvalue weighted by Gasteiger charge is -2.22. The number of aromatic nitrogens is 1. The van der Waals surface area contributed by atoms with Gasteiger partial charge in [-0.1, -0.05) is 18.0 Å².